The van der Waals surface area contributed by atoms with Crippen molar-refractivity contribution >= 4 is 67.1 Å². The second-order valence-electron chi connectivity index (χ2n) is 12.3. The van der Waals surface area contributed by atoms with Crippen LogP contribution in [0.15, 0.2) is 110 Å². The third-order valence-electron chi connectivity index (χ3n) is 8.68. The first-order valence-electron chi connectivity index (χ1n) is 16.6. The highest BCUT2D eigenvalue weighted by molar-refractivity contribution is 5.79. The van der Waals surface area contributed by atoms with E-state index in [0.29, 0.717) is 27.9 Å². The third-order valence-corrected chi connectivity index (χ3v) is 8.68. The molecule has 5 heterocycles. The quantitative estimate of drug-likeness (QED) is 0.132. The lowest BCUT2D eigenvalue weighted by Crippen LogP contribution is -2.43. The number of non-ortho nitro benzene ring substituents is 2. The average molecular weight is 772 g/mol. The van der Waals surface area contributed by atoms with E-state index in [-0.39, 0.29) is 34.1 Å². The molecule has 8 aromatic rings. The minimum absolute atomic E-state index is 0.0909. The van der Waals surface area contributed by atoms with Crippen LogP contribution in [0.25, 0.3) is 44.4 Å². The molecule has 0 spiro atoms. The Morgan fingerprint density at radius 3 is 1.62 bits per heavy atom. The molecule has 290 valence electrons. The minimum Gasteiger partial charge on any atom is -0.408 e. The number of nitrogens with zero attached hydrogens (tertiary/aromatic N) is 6. The molecule has 1 saturated heterocycles. The van der Waals surface area contributed by atoms with Crippen LogP contribution in [0.5, 0.6) is 0 Å². The summed E-state index contributed by atoms with van der Waals surface area (Å²) in [6.07, 6.45) is 0. The summed E-state index contributed by atoms with van der Waals surface area (Å²) in [4.78, 5) is 68.5. The third kappa shape index (κ3) is 8.11. The van der Waals surface area contributed by atoms with E-state index in [0.717, 1.165) is 42.9 Å². The molecule has 9 rings (SSSR count). The minimum atomic E-state index is -0.615. The lowest BCUT2D eigenvalue weighted by atomic mass is 10.2. The summed E-state index contributed by atoms with van der Waals surface area (Å²) in [6, 6.07) is 19.0. The number of hydrogen-bond donors (Lipinski definition) is 3. The number of rotatable bonds is 3. The first-order valence-corrected chi connectivity index (χ1v) is 16.6. The number of nitrogen functional groups attached to an aromatic ring is 1. The number of nitro groups is 2. The maximum absolute atomic E-state index is 11.4. The Morgan fingerprint density at radius 2 is 1.07 bits per heavy atom. The maximum Gasteiger partial charge on any atom is 0.419 e. The Hall–Kier alpha value is -7.68. The van der Waals surface area contributed by atoms with Gasteiger partial charge in [-0.15, -0.1) is 0 Å². The van der Waals surface area contributed by atoms with Gasteiger partial charge in [0, 0.05) is 83.0 Å². The number of hydrogen-bond acceptors (Lipinski definition) is 15. The number of nitrogens with two attached hydrogens (primary N) is 1. The highest BCUT2D eigenvalue weighted by Crippen LogP contribution is 2.22. The number of aromatic amines is 1. The monoisotopic (exact) mass is 771 g/mol. The van der Waals surface area contributed by atoms with Crippen LogP contribution >= 0.6 is 0 Å². The van der Waals surface area contributed by atoms with Crippen LogP contribution in [-0.4, -0.2) is 54.7 Å². The fourth-order valence-corrected chi connectivity index (χ4v) is 5.68. The van der Waals surface area contributed by atoms with E-state index in [4.69, 9.17) is 19.0 Å². The number of anilines is 2. The molecule has 0 bridgehead atoms. The summed E-state index contributed by atoms with van der Waals surface area (Å²) in [7, 11) is 4.92. The number of fused-ring (bicyclic) bond motifs is 4. The van der Waals surface area contributed by atoms with Gasteiger partial charge in [-0.2, -0.15) is 0 Å². The SMILES string of the molecule is Cn1c(=O)oc2cc(N)ccc21.Cn1c(=O)oc2cc(N3CCNCC3)ccc21.Cn1c(=O)oc2cc([N+](=O)[O-])ccc21.O=c1[nH]c2ccc([N+](=O)[O-])cc2o1. The molecule has 0 amide bonds. The summed E-state index contributed by atoms with van der Waals surface area (Å²) in [5, 5.41) is 24.1. The molecular weight excluding hydrogens is 738 g/mol. The zero-order valence-electron chi connectivity index (χ0n) is 29.9. The zero-order valence-corrected chi connectivity index (χ0v) is 29.9. The van der Waals surface area contributed by atoms with Crippen molar-refractivity contribution in [2.75, 3.05) is 36.8 Å². The van der Waals surface area contributed by atoms with Gasteiger partial charge in [-0.3, -0.25) is 38.9 Å². The van der Waals surface area contributed by atoms with Crippen LogP contribution in [0.3, 0.4) is 0 Å². The second-order valence-corrected chi connectivity index (χ2v) is 12.3. The van der Waals surface area contributed by atoms with Crippen LogP contribution in [-0.2, 0) is 21.1 Å². The normalized spacial score (nSPS) is 12.4. The lowest BCUT2D eigenvalue weighted by Gasteiger charge is -2.29. The summed E-state index contributed by atoms with van der Waals surface area (Å²) >= 11 is 0. The smallest absolute Gasteiger partial charge is 0.408 e. The van der Waals surface area contributed by atoms with Gasteiger partial charge in [-0.25, -0.2) is 19.2 Å². The molecule has 0 unspecified atom stereocenters. The molecule has 21 heteroatoms. The highest BCUT2D eigenvalue weighted by atomic mass is 16.6. The van der Waals surface area contributed by atoms with Gasteiger partial charge in [-0.1, -0.05) is 0 Å². The Kier molecular flexibility index (Phi) is 10.7. The number of aromatic nitrogens is 4. The molecule has 0 aliphatic carbocycles. The van der Waals surface area contributed by atoms with Crippen molar-refractivity contribution in [1.29, 1.82) is 0 Å². The zero-order chi connectivity index (χ0) is 40.3. The molecular formula is C35H33N9O12. The van der Waals surface area contributed by atoms with E-state index in [1.54, 1.807) is 39.3 Å². The number of benzene rings is 4. The number of nitrogens with one attached hydrogen (secondary N) is 2. The first kappa shape index (κ1) is 38.1. The largest absolute Gasteiger partial charge is 0.419 e. The lowest BCUT2D eigenvalue weighted by molar-refractivity contribution is -0.384. The maximum atomic E-state index is 11.4. The van der Waals surface area contributed by atoms with Gasteiger partial charge >= 0.3 is 23.0 Å². The number of nitro benzene ring substituents is 2. The van der Waals surface area contributed by atoms with Gasteiger partial charge in [-0.05, 0) is 36.4 Å². The van der Waals surface area contributed by atoms with Crippen LogP contribution in [0, 0.1) is 20.2 Å². The Morgan fingerprint density at radius 1 is 0.607 bits per heavy atom. The van der Waals surface area contributed by atoms with Gasteiger partial charge in [0.05, 0.1) is 44.0 Å². The van der Waals surface area contributed by atoms with Crippen LogP contribution in [0.2, 0.25) is 0 Å². The summed E-state index contributed by atoms with van der Waals surface area (Å²) in [6.45, 7) is 3.97. The Bertz CT molecular complexity index is 2970. The summed E-state index contributed by atoms with van der Waals surface area (Å²) in [5.74, 6) is -1.82. The van der Waals surface area contributed by atoms with Crippen molar-refractivity contribution in [2.45, 2.75) is 0 Å². The van der Waals surface area contributed by atoms with Crippen LogP contribution in [0.1, 0.15) is 0 Å². The molecule has 4 aromatic heterocycles. The fourth-order valence-electron chi connectivity index (χ4n) is 5.68. The molecule has 1 aliphatic rings. The van der Waals surface area contributed by atoms with E-state index in [9.17, 15) is 39.4 Å². The van der Waals surface area contributed by atoms with Crippen molar-refractivity contribution in [3.05, 3.63) is 135 Å². The van der Waals surface area contributed by atoms with E-state index >= 15 is 0 Å². The molecule has 21 nitrogen and oxygen atoms in total. The van der Waals surface area contributed by atoms with Gasteiger partial charge in [0.2, 0.25) is 0 Å². The molecule has 0 atom stereocenters. The van der Waals surface area contributed by atoms with Crippen LogP contribution in [0.4, 0.5) is 22.7 Å². The van der Waals surface area contributed by atoms with Crippen molar-refractivity contribution in [3.63, 3.8) is 0 Å². The number of aryl methyl sites for hydroxylation is 3. The molecule has 0 saturated carbocycles. The molecule has 1 aliphatic heterocycles. The van der Waals surface area contributed by atoms with E-state index in [2.05, 4.69) is 19.6 Å². The van der Waals surface area contributed by atoms with Crippen molar-refractivity contribution in [2.24, 2.45) is 21.1 Å². The predicted molar refractivity (Wildman–Crippen MR) is 204 cm³/mol. The molecule has 0 radical (unpaired) electrons. The molecule has 56 heavy (non-hydrogen) atoms. The fraction of sp³-hybridized carbons (Fsp3) is 0.200. The second kappa shape index (κ2) is 15.7. The van der Waals surface area contributed by atoms with E-state index in [1.165, 1.54) is 50.1 Å². The van der Waals surface area contributed by atoms with E-state index in [1.807, 2.05) is 18.2 Å². The van der Waals surface area contributed by atoms with E-state index < -0.39 is 21.4 Å². The predicted octanol–water partition coefficient (Wildman–Crippen LogP) is 3.32. The van der Waals surface area contributed by atoms with Gasteiger partial charge < -0.3 is 33.6 Å². The van der Waals surface area contributed by atoms with Gasteiger partial charge in [0.25, 0.3) is 11.4 Å². The number of H-pyrrole nitrogens is 1. The van der Waals surface area contributed by atoms with Crippen molar-refractivity contribution in [1.82, 2.24) is 24.0 Å². The topological polar surface area (TPSA) is 279 Å². The standard InChI is InChI=1S/C12H15N3O2.C8H6N2O4.C8H8N2O2.C7H4N2O4/c1-14-10-3-2-9(8-11(10)17-12(14)16)15-6-4-13-5-7-15;1-9-6-3-2-5(10(12)13)4-7(6)14-8(9)11;1-10-6-3-2-5(9)4-7(6)12-8(10)11;10-7-8-5-2-1-4(9(11)12)3-6(5)13-7/h2-3,8,13H,4-7H2,1H3;2-4H,1H3;2-4H,9H2,1H3;1-3H,(H,8,10). The number of piperazine rings is 1. The number of oxazole rings is 4. The molecule has 1 fully saturated rings. The first-order chi connectivity index (χ1) is 26.7. The average Bonchev–Trinajstić information content (AvgIpc) is 3.88. The van der Waals surface area contributed by atoms with Crippen molar-refractivity contribution < 1.29 is 27.5 Å². The van der Waals surface area contributed by atoms with Crippen molar-refractivity contribution in [3.8, 4) is 0 Å². The highest BCUT2D eigenvalue weighted by Gasteiger charge is 2.14. The Labute approximate surface area is 311 Å². The van der Waals surface area contributed by atoms with Gasteiger partial charge in [0.1, 0.15) is 0 Å². The van der Waals surface area contributed by atoms with Gasteiger partial charge in [0.15, 0.2) is 22.3 Å². The summed E-state index contributed by atoms with van der Waals surface area (Å²) in [5.41, 5.74) is 11.2. The Balaban J connectivity index is 0.000000128. The van der Waals surface area contributed by atoms with Crippen LogP contribution < -0.4 is 39.0 Å². The summed E-state index contributed by atoms with van der Waals surface area (Å²) < 4.78 is 23.8. The molecule has 4 aromatic carbocycles. The molecule has 4 N–H and O–H groups in total.